The van der Waals surface area contributed by atoms with Crippen molar-refractivity contribution in [3.05, 3.63) is 48.3 Å². The average molecular weight is 272 g/mol. The van der Waals surface area contributed by atoms with E-state index >= 15 is 0 Å². The van der Waals surface area contributed by atoms with Crippen LogP contribution in [0.15, 0.2) is 42.6 Å². The summed E-state index contributed by atoms with van der Waals surface area (Å²) in [4.78, 5) is 4.44. The van der Waals surface area contributed by atoms with Crippen LogP contribution >= 0.6 is 0 Å². The van der Waals surface area contributed by atoms with E-state index in [0.29, 0.717) is 17.2 Å². The molecule has 0 spiro atoms. The number of hydrogen-bond donors (Lipinski definition) is 1. The smallest absolute Gasteiger partial charge is 0.169 e. The normalized spacial score (nSPS) is 11.9. The molecule has 0 bridgehead atoms. The van der Waals surface area contributed by atoms with Crippen LogP contribution in [0.4, 0.5) is 0 Å². The van der Waals surface area contributed by atoms with Crippen molar-refractivity contribution in [2.24, 2.45) is 0 Å². The molecule has 0 aliphatic heterocycles. The second-order valence-electron chi connectivity index (χ2n) is 4.42. The van der Waals surface area contributed by atoms with Crippen molar-refractivity contribution < 1.29 is 9.47 Å². The quantitative estimate of drug-likeness (QED) is 0.873. The monoisotopic (exact) mass is 272 g/mol. The molecule has 1 heterocycles. The lowest BCUT2D eigenvalue weighted by Gasteiger charge is -2.14. The van der Waals surface area contributed by atoms with E-state index in [4.69, 9.17) is 9.47 Å². The van der Waals surface area contributed by atoms with Gasteiger partial charge in [0.2, 0.25) is 0 Å². The summed E-state index contributed by atoms with van der Waals surface area (Å²) in [6.07, 6.45) is 2.73. The highest BCUT2D eigenvalue weighted by Crippen LogP contribution is 2.30. The summed E-state index contributed by atoms with van der Waals surface area (Å²) in [5, 5.41) is 3.23. The summed E-state index contributed by atoms with van der Waals surface area (Å²) in [7, 11) is 3.57. The van der Waals surface area contributed by atoms with Crippen molar-refractivity contribution in [1.29, 1.82) is 0 Å². The van der Waals surface area contributed by atoms with Crippen LogP contribution in [0.1, 0.15) is 25.1 Å². The molecule has 0 radical (unpaired) electrons. The zero-order valence-corrected chi connectivity index (χ0v) is 12.1. The first-order valence-corrected chi connectivity index (χ1v) is 6.72. The molecule has 0 saturated carbocycles. The van der Waals surface area contributed by atoms with Gasteiger partial charge in [0.05, 0.1) is 19.0 Å². The molecule has 20 heavy (non-hydrogen) atoms. The fraction of sp³-hybridized carbons (Fsp3) is 0.312. The predicted octanol–water partition coefficient (Wildman–Crippen LogP) is 3.55. The van der Waals surface area contributed by atoms with Crippen molar-refractivity contribution >= 4 is 0 Å². The van der Waals surface area contributed by atoms with Gasteiger partial charge in [0, 0.05) is 6.04 Å². The lowest BCUT2D eigenvalue weighted by molar-refractivity contribution is 0.378. The lowest BCUT2D eigenvalue weighted by Crippen LogP contribution is -2.16. The fourth-order valence-corrected chi connectivity index (χ4v) is 2.05. The number of methoxy groups -OCH3 is 1. The molecule has 1 N–H and O–H groups in total. The molecule has 1 atom stereocenters. The number of aromatic nitrogens is 1. The number of ether oxygens (including phenoxy) is 2. The van der Waals surface area contributed by atoms with Gasteiger partial charge >= 0.3 is 0 Å². The molecule has 2 aromatic rings. The van der Waals surface area contributed by atoms with E-state index < -0.39 is 0 Å². The molecular weight excluding hydrogens is 252 g/mol. The summed E-state index contributed by atoms with van der Waals surface area (Å²) in [6, 6.07) is 11.7. The minimum absolute atomic E-state index is 0.273. The Labute approximate surface area is 119 Å². The second-order valence-corrected chi connectivity index (χ2v) is 4.42. The minimum Gasteiger partial charge on any atom is -0.493 e. The number of benzene rings is 1. The molecular formula is C16H20N2O2. The highest BCUT2D eigenvalue weighted by molar-refractivity contribution is 5.42. The number of nitrogens with one attached hydrogen (secondary N) is 1. The molecule has 2 rings (SSSR count). The van der Waals surface area contributed by atoms with Gasteiger partial charge in [0.25, 0.3) is 0 Å². The Morgan fingerprint density at radius 1 is 1.15 bits per heavy atom. The van der Waals surface area contributed by atoms with Gasteiger partial charge < -0.3 is 14.8 Å². The van der Waals surface area contributed by atoms with Crippen LogP contribution in [-0.2, 0) is 0 Å². The first-order valence-electron chi connectivity index (χ1n) is 6.72. The third-order valence-electron chi connectivity index (χ3n) is 3.17. The molecule has 4 heteroatoms. The van der Waals surface area contributed by atoms with Crippen molar-refractivity contribution in [3.8, 4) is 17.2 Å². The highest BCUT2D eigenvalue weighted by atomic mass is 16.5. The maximum absolute atomic E-state index is 5.79. The Kier molecular flexibility index (Phi) is 4.96. The Morgan fingerprint density at radius 3 is 2.45 bits per heavy atom. The predicted molar refractivity (Wildman–Crippen MR) is 79.4 cm³/mol. The van der Waals surface area contributed by atoms with Crippen molar-refractivity contribution in [1.82, 2.24) is 10.3 Å². The van der Waals surface area contributed by atoms with E-state index in [9.17, 15) is 0 Å². The van der Waals surface area contributed by atoms with Crippen LogP contribution in [0, 0.1) is 0 Å². The van der Waals surface area contributed by atoms with Crippen LogP contribution in [-0.4, -0.2) is 19.1 Å². The topological polar surface area (TPSA) is 43.4 Å². The first-order chi connectivity index (χ1) is 9.78. The van der Waals surface area contributed by atoms with Gasteiger partial charge in [-0.25, -0.2) is 0 Å². The van der Waals surface area contributed by atoms with Gasteiger partial charge in [0.15, 0.2) is 11.5 Å². The van der Waals surface area contributed by atoms with E-state index in [1.54, 1.807) is 13.3 Å². The first kappa shape index (κ1) is 14.3. The average Bonchev–Trinajstić information content (AvgIpc) is 2.51. The van der Waals surface area contributed by atoms with E-state index in [-0.39, 0.29) is 6.04 Å². The molecule has 106 valence electrons. The van der Waals surface area contributed by atoms with Crippen molar-refractivity contribution in [2.45, 2.75) is 19.4 Å². The van der Waals surface area contributed by atoms with Crippen molar-refractivity contribution in [2.75, 3.05) is 14.2 Å². The molecule has 0 fully saturated rings. The number of para-hydroxylation sites is 2. The third kappa shape index (κ3) is 3.27. The molecule has 1 aromatic carbocycles. The number of hydrogen-bond acceptors (Lipinski definition) is 4. The number of nitrogens with zero attached hydrogens (tertiary/aromatic N) is 1. The Bertz CT molecular complexity index is 536. The molecule has 0 aliphatic carbocycles. The Morgan fingerprint density at radius 2 is 1.90 bits per heavy atom. The van der Waals surface area contributed by atoms with Gasteiger partial charge in [-0.2, -0.15) is 0 Å². The van der Waals surface area contributed by atoms with Gasteiger partial charge in [-0.05, 0) is 37.7 Å². The molecule has 0 amide bonds. The SMILES string of the molecule is CCC(NC)c1ccc(Oc2ccccc2OC)cn1. The van der Waals surface area contributed by atoms with Crippen LogP contribution in [0.2, 0.25) is 0 Å². The molecule has 0 aliphatic rings. The lowest BCUT2D eigenvalue weighted by atomic mass is 10.1. The zero-order chi connectivity index (χ0) is 14.4. The summed E-state index contributed by atoms with van der Waals surface area (Å²) in [6.45, 7) is 2.13. The van der Waals surface area contributed by atoms with E-state index in [2.05, 4.69) is 17.2 Å². The summed E-state index contributed by atoms with van der Waals surface area (Å²) < 4.78 is 11.1. The van der Waals surface area contributed by atoms with Gasteiger partial charge in [-0.1, -0.05) is 19.1 Å². The van der Waals surface area contributed by atoms with E-state index in [1.165, 1.54) is 0 Å². The minimum atomic E-state index is 0.273. The zero-order valence-electron chi connectivity index (χ0n) is 12.1. The van der Waals surface area contributed by atoms with Crippen LogP contribution in [0.5, 0.6) is 17.2 Å². The number of pyridine rings is 1. The maximum Gasteiger partial charge on any atom is 0.169 e. The van der Waals surface area contributed by atoms with Crippen LogP contribution in [0.25, 0.3) is 0 Å². The highest BCUT2D eigenvalue weighted by Gasteiger charge is 2.09. The standard InChI is InChI=1S/C16H20N2O2/c1-4-13(17-2)14-10-9-12(11-18-14)20-16-8-6-5-7-15(16)19-3/h5-11,13,17H,4H2,1-3H3. The summed E-state index contributed by atoms with van der Waals surface area (Å²) in [5.74, 6) is 2.09. The Balaban J connectivity index is 2.14. The van der Waals surface area contributed by atoms with Gasteiger partial charge in [0.1, 0.15) is 5.75 Å². The Hall–Kier alpha value is -2.07. The van der Waals surface area contributed by atoms with Gasteiger partial charge in [-0.3, -0.25) is 4.98 Å². The third-order valence-corrected chi connectivity index (χ3v) is 3.17. The largest absolute Gasteiger partial charge is 0.493 e. The maximum atomic E-state index is 5.79. The summed E-state index contributed by atoms with van der Waals surface area (Å²) >= 11 is 0. The fourth-order valence-electron chi connectivity index (χ4n) is 2.05. The second kappa shape index (κ2) is 6.91. The molecule has 1 aromatic heterocycles. The van der Waals surface area contributed by atoms with E-state index in [1.807, 2.05) is 43.4 Å². The molecule has 1 unspecified atom stereocenters. The molecule has 0 saturated heterocycles. The number of rotatable bonds is 6. The van der Waals surface area contributed by atoms with Crippen LogP contribution in [0.3, 0.4) is 0 Å². The van der Waals surface area contributed by atoms with Crippen molar-refractivity contribution in [3.63, 3.8) is 0 Å². The van der Waals surface area contributed by atoms with Gasteiger partial charge in [-0.15, -0.1) is 0 Å². The summed E-state index contributed by atoms with van der Waals surface area (Å²) in [5.41, 5.74) is 1.02. The van der Waals surface area contributed by atoms with Crippen LogP contribution < -0.4 is 14.8 Å². The molecule has 4 nitrogen and oxygen atoms in total. The van der Waals surface area contributed by atoms with E-state index in [0.717, 1.165) is 12.1 Å².